The van der Waals surface area contributed by atoms with Crippen LogP contribution in [0, 0.1) is 5.92 Å². The first kappa shape index (κ1) is 14.7. The average Bonchev–Trinajstić information content (AvgIpc) is 2.97. The minimum atomic E-state index is 0.0866. The first-order valence-electron chi connectivity index (χ1n) is 6.91. The molecule has 1 fully saturated rings. The van der Waals surface area contributed by atoms with Crippen molar-refractivity contribution in [3.05, 3.63) is 23.8 Å². The molecule has 1 aliphatic heterocycles. The van der Waals surface area contributed by atoms with E-state index in [1.807, 2.05) is 18.2 Å². The number of hydrogen-bond acceptors (Lipinski definition) is 4. The minimum absolute atomic E-state index is 0.0866. The normalized spacial score (nSPS) is 17.8. The molecule has 0 saturated carbocycles. The van der Waals surface area contributed by atoms with Gasteiger partial charge in [0.1, 0.15) is 11.5 Å². The van der Waals surface area contributed by atoms with Gasteiger partial charge in [-0.3, -0.25) is 4.79 Å². The molecule has 1 aliphatic rings. The monoisotopic (exact) mass is 278 g/mol. The van der Waals surface area contributed by atoms with Crippen LogP contribution in [-0.4, -0.2) is 33.2 Å². The van der Waals surface area contributed by atoms with E-state index in [1.165, 1.54) is 0 Å². The van der Waals surface area contributed by atoms with Crippen molar-refractivity contribution in [2.75, 3.05) is 27.3 Å². The number of hydrogen-bond donors (Lipinski definition) is 2. The quantitative estimate of drug-likeness (QED) is 0.824. The van der Waals surface area contributed by atoms with Gasteiger partial charge < -0.3 is 20.1 Å². The average molecular weight is 278 g/mol. The minimum Gasteiger partial charge on any atom is -0.497 e. The molecular formula is C15H22N2O3. The fourth-order valence-corrected chi connectivity index (χ4v) is 2.44. The molecule has 1 aromatic rings. The second-order valence-corrected chi connectivity index (χ2v) is 5.02. The Morgan fingerprint density at radius 1 is 1.40 bits per heavy atom. The van der Waals surface area contributed by atoms with Crippen molar-refractivity contribution in [3.8, 4) is 11.5 Å². The molecule has 1 amide bonds. The van der Waals surface area contributed by atoms with Crippen molar-refractivity contribution in [1.29, 1.82) is 0 Å². The van der Waals surface area contributed by atoms with Crippen molar-refractivity contribution in [2.24, 2.45) is 5.92 Å². The summed E-state index contributed by atoms with van der Waals surface area (Å²) in [6, 6.07) is 5.58. The van der Waals surface area contributed by atoms with Crippen molar-refractivity contribution in [2.45, 2.75) is 19.4 Å². The second-order valence-electron chi connectivity index (χ2n) is 5.02. The fourth-order valence-electron chi connectivity index (χ4n) is 2.44. The van der Waals surface area contributed by atoms with E-state index < -0.39 is 0 Å². The van der Waals surface area contributed by atoms with Crippen LogP contribution in [-0.2, 0) is 11.3 Å². The molecule has 110 valence electrons. The summed E-state index contributed by atoms with van der Waals surface area (Å²) in [6.45, 7) is 2.41. The van der Waals surface area contributed by atoms with Crippen LogP contribution in [0.2, 0.25) is 0 Å². The van der Waals surface area contributed by atoms with E-state index in [4.69, 9.17) is 9.47 Å². The Morgan fingerprint density at radius 3 is 2.90 bits per heavy atom. The predicted molar refractivity (Wildman–Crippen MR) is 77.0 cm³/mol. The largest absolute Gasteiger partial charge is 0.497 e. The molecular weight excluding hydrogens is 256 g/mol. The first-order chi connectivity index (χ1) is 9.72. The number of nitrogens with one attached hydrogen (secondary N) is 2. The van der Waals surface area contributed by atoms with E-state index >= 15 is 0 Å². The maximum absolute atomic E-state index is 11.9. The Labute approximate surface area is 119 Å². The summed E-state index contributed by atoms with van der Waals surface area (Å²) < 4.78 is 10.5. The van der Waals surface area contributed by atoms with Gasteiger partial charge in [0.2, 0.25) is 5.91 Å². The van der Waals surface area contributed by atoms with E-state index in [0.717, 1.165) is 36.6 Å². The van der Waals surface area contributed by atoms with Gasteiger partial charge in [0.25, 0.3) is 0 Å². The highest BCUT2D eigenvalue weighted by Crippen LogP contribution is 2.23. The van der Waals surface area contributed by atoms with Gasteiger partial charge in [-0.25, -0.2) is 0 Å². The number of carbonyl (C=O) groups excluding carboxylic acids is 1. The second kappa shape index (κ2) is 7.14. The molecule has 1 unspecified atom stereocenters. The van der Waals surface area contributed by atoms with Crippen LogP contribution in [0.3, 0.4) is 0 Å². The van der Waals surface area contributed by atoms with Crippen LogP contribution >= 0.6 is 0 Å². The zero-order valence-corrected chi connectivity index (χ0v) is 12.1. The lowest BCUT2D eigenvalue weighted by atomic mass is 10.0. The highest BCUT2D eigenvalue weighted by molar-refractivity contribution is 5.76. The zero-order valence-electron chi connectivity index (χ0n) is 12.1. The Morgan fingerprint density at radius 2 is 2.25 bits per heavy atom. The molecule has 1 aromatic carbocycles. The Bertz CT molecular complexity index is 456. The summed E-state index contributed by atoms with van der Waals surface area (Å²) in [5.74, 6) is 2.06. The number of benzene rings is 1. The number of rotatable bonds is 6. The summed E-state index contributed by atoms with van der Waals surface area (Å²) in [6.07, 6.45) is 1.66. The van der Waals surface area contributed by atoms with Crippen molar-refractivity contribution < 1.29 is 14.3 Å². The highest BCUT2D eigenvalue weighted by Gasteiger charge is 2.18. The Kier molecular flexibility index (Phi) is 5.24. The van der Waals surface area contributed by atoms with Crippen molar-refractivity contribution in [1.82, 2.24) is 10.6 Å². The van der Waals surface area contributed by atoms with Crippen molar-refractivity contribution >= 4 is 5.91 Å². The van der Waals surface area contributed by atoms with Crippen LogP contribution < -0.4 is 20.1 Å². The summed E-state index contributed by atoms with van der Waals surface area (Å²) in [5.41, 5.74) is 0.921. The summed E-state index contributed by atoms with van der Waals surface area (Å²) in [4.78, 5) is 11.9. The van der Waals surface area contributed by atoms with Crippen LogP contribution in [0.5, 0.6) is 11.5 Å². The van der Waals surface area contributed by atoms with Gasteiger partial charge >= 0.3 is 0 Å². The lowest BCUT2D eigenvalue weighted by Gasteiger charge is -2.12. The van der Waals surface area contributed by atoms with E-state index in [0.29, 0.717) is 18.9 Å². The molecule has 5 nitrogen and oxygen atoms in total. The third kappa shape index (κ3) is 3.87. The van der Waals surface area contributed by atoms with Crippen LogP contribution in [0.1, 0.15) is 18.4 Å². The van der Waals surface area contributed by atoms with Gasteiger partial charge in [-0.1, -0.05) is 0 Å². The number of ether oxygens (including phenoxy) is 2. The lowest BCUT2D eigenvalue weighted by Crippen LogP contribution is -2.26. The molecule has 1 heterocycles. The van der Waals surface area contributed by atoms with Crippen LogP contribution in [0.25, 0.3) is 0 Å². The smallest absolute Gasteiger partial charge is 0.220 e. The van der Waals surface area contributed by atoms with E-state index in [2.05, 4.69) is 10.6 Å². The first-order valence-corrected chi connectivity index (χ1v) is 6.91. The third-order valence-electron chi connectivity index (χ3n) is 3.60. The number of carbonyl (C=O) groups is 1. The molecule has 0 aromatic heterocycles. The van der Waals surface area contributed by atoms with Crippen LogP contribution in [0.4, 0.5) is 0 Å². The maximum atomic E-state index is 11.9. The molecule has 0 bridgehead atoms. The molecule has 2 rings (SSSR count). The fraction of sp³-hybridized carbons (Fsp3) is 0.533. The maximum Gasteiger partial charge on any atom is 0.220 e. The number of methoxy groups -OCH3 is 2. The SMILES string of the molecule is COc1ccc(OC)c(CNC(=O)CC2CCNC2)c1. The zero-order chi connectivity index (χ0) is 14.4. The van der Waals surface area contributed by atoms with E-state index in [-0.39, 0.29) is 5.91 Å². The van der Waals surface area contributed by atoms with Gasteiger partial charge in [0, 0.05) is 18.5 Å². The Hall–Kier alpha value is -1.75. The number of amides is 1. The summed E-state index contributed by atoms with van der Waals surface area (Å²) in [7, 11) is 3.24. The predicted octanol–water partition coefficient (Wildman–Crippen LogP) is 1.32. The molecule has 1 saturated heterocycles. The molecule has 0 radical (unpaired) electrons. The van der Waals surface area contributed by atoms with Gasteiger partial charge in [0.05, 0.1) is 14.2 Å². The highest BCUT2D eigenvalue weighted by atomic mass is 16.5. The van der Waals surface area contributed by atoms with Crippen LogP contribution in [0.15, 0.2) is 18.2 Å². The van der Waals surface area contributed by atoms with Gasteiger partial charge in [0.15, 0.2) is 0 Å². The molecule has 0 aliphatic carbocycles. The summed E-state index contributed by atoms with van der Waals surface area (Å²) >= 11 is 0. The van der Waals surface area contributed by atoms with Gasteiger partial charge in [-0.15, -0.1) is 0 Å². The van der Waals surface area contributed by atoms with Crippen molar-refractivity contribution in [3.63, 3.8) is 0 Å². The third-order valence-corrected chi connectivity index (χ3v) is 3.60. The lowest BCUT2D eigenvalue weighted by molar-refractivity contribution is -0.122. The molecule has 20 heavy (non-hydrogen) atoms. The standard InChI is InChI=1S/C15H22N2O3/c1-19-13-3-4-14(20-2)12(8-13)10-17-15(18)7-11-5-6-16-9-11/h3-4,8,11,16H,5-7,9-10H2,1-2H3,(H,17,18). The van der Waals surface area contributed by atoms with E-state index in [9.17, 15) is 4.79 Å². The molecule has 5 heteroatoms. The molecule has 1 atom stereocenters. The topological polar surface area (TPSA) is 59.6 Å². The van der Waals surface area contributed by atoms with E-state index in [1.54, 1.807) is 14.2 Å². The molecule has 2 N–H and O–H groups in total. The summed E-state index contributed by atoms with van der Waals surface area (Å²) in [5, 5.41) is 6.22. The Balaban J connectivity index is 1.90. The molecule has 0 spiro atoms. The van der Waals surface area contributed by atoms with Gasteiger partial charge in [-0.2, -0.15) is 0 Å². The van der Waals surface area contributed by atoms with Gasteiger partial charge in [-0.05, 0) is 43.6 Å².